The van der Waals surface area contributed by atoms with E-state index >= 15 is 0 Å². The molecule has 2 aromatic carbocycles. The van der Waals surface area contributed by atoms with Gasteiger partial charge in [-0.25, -0.2) is 18.7 Å². The van der Waals surface area contributed by atoms with Gasteiger partial charge in [0.25, 0.3) is 0 Å². The molecule has 0 radical (unpaired) electrons. The van der Waals surface area contributed by atoms with Gasteiger partial charge in [-0.2, -0.15) is 0 Å². The van der Waals surface area contributed by atoms with Gasteiger partial charge in [-0.15, -0.1) is 0 Å². The third-order valence-corrected chi connectivity index (χ3v) is 4.82. The average Bonchev–Trinajstić information content (AvgIpc) is 2.71. The van der Waals surface area contributed by atoms with Gasteiger partial charge in [0.05, 0.1) is 19.3 Å². The standard InChI is InChI=1S/C20H20F2N4O/c21-15-6-4-14(5-7-15)18(26-8-10-27-11-9-26)12-23-20-16-2-1-3-17(22)19(16)24-13-25-20/h1-7,13,18H,8-12H2,(H,23,24,25). The van der Waals surface area contributed by atoms with Crippen LogP contribution in [0, 0.1) is 11.6 Å². The minimum atomic E-state index is -0.374. The molecule has 0 aliphatic carbocycles. The van der Waals surface area contributed by atoms with Crippen LogP contribution in [0.2, 0.25) is 0 Å². The summed E-state index contributed by atoms with van der Waals surface area (Å²) < 4.78 is 32.8. The summed E-state index contributed by atoms with van der Waals surface area (Å²) in [4.78, 5) is 10.6. The summed E-state index contributed by atoms with van der Waals surface area (Å²) in [5, 5.41) is 3.97. The highest BCUT2D eigenvalue weighted by Crippen LogP contribution is 2.25. The first-order chi connectivity index (χ1) is 13.2. The van der Waals surface area contributed by atoms with Crippen molar-refractivity contribution in [2.75, 3.05) is 38.2 Å². The van der Waals surface area contributed by atoms with E-state index in [1.54, 1.807) is 24.3 Å². The quantitative estimate of drug-likeness (QED) is 0.746. The van der Waals surface area contributed by atoms with E-state index in [9.17, 15) is 8.78 Å². The predicted octanol–water partition coefficient (Wildman–Crippen LogP) is 3.39. The second-order valence-corrected chi connectivity index (χ2v) is 6.45. The number of nitrogens with zero attached hydrogens (tertiary/aromatic N) is 3. The summed E-state index contributed by atoms with van der Waals surface area (Å²) in [6.45, 7) is 3.47. The average molecular weight is 370 g/mol. The number of rotatable bonds is 5. The van der Waals surface area contributed by atoms with E-state index < -0.39 is 0 Å². The Morgan fingerprint density at radius 3 is 2.59 bits per heavy atom. The number of hydrogen-bond acceptors (Lipinski definition) is 5. The van der Waals surface area contributed by atoms with Gasteiger partial charge < -0.3 is 10.1 Å². The Hall–Kier alpha value is -2.64. The molecule has 2 heterocycles. The second-order valence-electron chi connectivity index (χ2n) is 6.45. The Morgan fingerprint density at radius 1 is 1.04 bits per heavy atom. The topological polar surface area (TPSA) is 50.3 Å². The number of halogens is 2. The van der Waals surface area contributed by atoms with Crippen molar-refractivity contribution in [3.63, 3.8) is 0 Å². The third kappa shape index (κ3) is 3.89. The molecule has 4 rings (SSSR count). The van der Waals surface area contributed by atoms with Crippen molar-refractivity contribution in [1.29, 1.82) is 0 Å². The fourth-order valence-corrected chi connectivity index (χ4v) is 3.42. The lowest BCUT2D eigenvalue weighted by molar-refractivity contribution is 0.0187. The van der Waals surface area contributed by atoms with Crippen LogP contribution in [0.25, 0.3) is 10.9 Å². The number of hydrogen-bond donors (Lipinski definition) is 1. The Morgan fingerprint density at radius 2 is 1.81 bits per heavy atom. The molecular formula is C20H20F2N4O. The molecule has 1 N–H and O–H groups in total. The van der Waals surface area contributed by atoms with Gasteiger partial charge in [0.2, 0.25) is 0 Å². The van der Waals surface area contributed by atoms with Gasteiger partial charge in [-0.1, -0.05) is 18.2 Å². The zero-order valence-electron chi connectivity index (χ0n) is 14.7. The maximum atomic E-state index is 14.0. The van der Waals surface area contributed by atoms with Crippen LogP contribution in [-0.2, 0) is 4.74 Å². The van der Waals surface area contributed by atoms with Gasteiger partial charge in [-0.3, -0.25) is 4.90 Å². The van der Waals surface area contributed by atoms with Crippen LogP contribution >= 0.6 is 0 Å². The Kier molecular flexibility index (Phi) is 5.22. The lowest BCUT2D eigenvalue weighted by Crippen LogP contribution is -2.41. The van der Waals surface area contributed by atoms with Crippen LogP contribution in [0.3, 0.4) is 0 Å². The molecule has 1 aromatic heterocycles. The molecule has 140 valence electrons. The highest BCUT2D eigenvalue weighted by atomic mass is 19.1. The van der Waals surface area contributed by atoms with E-state index in [4.69, 9.17) is 4.74 Å². The smallest absolute Gasteiger partial charge is 0.149 e. The van der Waals surface area contributed by atoms with Gasteiger partial charge >= 0.3 is 0 Å². The molecule has 1 aliphatic rings. The zero-order chi connectivity index (χ0) is 18.6. The molecule has 0 bridgehead atoms. The molecule has 5 nitrogen and oxygen atoms in total. The van der Waals surface area contributed by atoms with Gasteiger partial charge in [0.15, 0.2) is 0 Å². The fourth-order valence-electron chi connectivity index (χ4n) is 3.42. The molecular weight excluding hydrogens is 350 g/mol. The lowest BCUT2D eigenvalue weighted by Gasteiger charge is -2.35. The van der Waals surface area contributed by atoms with Gasteiger partial charge in [-0.05, 0) is 29.8 Å². The van der Waals surface area contributed by atoms with E-state index in [1.807, 2.05) is 0 Å². The Balaban J connectivity index is 1.60. The summed E-state index contributed by atoms with van der Waals surface area (Å²) in [6, 6.07) is 11.4. The molecule has 0 spiro atoms. The van der Waals surface area contributed by atoms with Crippen molar-refractivity contribution in [2.45, 2.75) is 6.04 Å². The van der Waals surface area contributed by atoms with Crippen LogP contribution in [0.4, 0.5) is 14.6 Å². The minimum Gasteiger partial charge on any atom is -0.379 e. The van der Waals surface area contributed by atoms with Crippen molar-refractivity contribution in [3.05, 3.63) is 66.0 Å². The molecule has 0 amide bonds. The number of aromatic nitrogens is 2. The monoisotopic (exact) mass is 370 g/mol. The van der Waals surface area contributed by atoms with E-state index in [0.717, 1.165) is 18.7 Å². The maximum Gasteiger partial charge on any atom is 0.149 e. The van der Waals surface area contributed by atoms with Crippen molar-refractivity contribution in [1.82, 2.24) is 14.9 Å². The second kappa shape index (κ2) is 7.94. The molecule has 7 heteroatoms. The number of benzene rings is 2. The molecule has 1 unspecified atom stereocenters. The molecule has 1 fully saturated rings. The van der Waals surface area contributed by atoms with Gasteiger partial charge in [0.1, 0.15) is 29.3 Å². The van der Waals surface area contributed by atoms with Crippen molar-refractivity contribution < 1.29 is 13.5 Å². The normalized spacial score (nSPS) is 16.4. The molecule has 27 heavy (non-hydrogen) atoms. The van der Waals surface area contributed by atoms with Crippen molar-refractivity contribution >= 4 is 16.7 Å². The first-order valence-electron chi connectivity index (χ1n) is 8.93. The summed E-state index contributed by atoms with van der Waals surface area (Å²) in [7, 11) is 0. The number of morpholine rings is 1. The van der Waals surface area contributed by atoms with Crippen molar-refractivity contribution in [2.24, 2.45) is 0 Å². The SMILES string of the molecule is Fc1ccc(C(CNc2ncnc3c(F)cccc23)N2CCOCC2)cc1. The van der Waals surface area contributed by atoms with Crippen LogP contribution in [0.15, 0.2) is 48.8 Å². The summed E-state index contributed by atoms with van der Waals surface area (Å²) in [6.07, 6.45) is 1.36. The summed E-state index contributed by atoms with van der Waals surface area (Å²) >= 11 is 0. The molecule has 1 saturated heterocycles. The highest BCUT2D eigenvalue weighted by molar-refractivity contribution is 5.89. The molecule has 3 aromatic rings. The van der Waals surface area contributed by atoms with Crippen molar-refractivity contribution in [3.8, 4) is 0 Å². The number of fused-ring (bicyclic) bond motifs is 1. The number of anilines is 1. The Labute approximate surface area is 156 Å². The third-order valence-electron chi connectivity index (χ3n) is 4.82. The van der Waals surface area contributed by atoms with Gasteiger partial charge in [0, 0.05) is 25.0 Å². The summed E-state index contributed by atoms with van der Waals surface area (Å²) in [5.74, 6) is -0.0502. The number of para-hydroxylation sites is 1. The lowest BCUT2D eigenvalue weighted by atomic mass is 10.0. The van der Waals surface area contributed by atoms with Crippen LogP contribution in [-0.4, -0.2) is 47.7 Å². The summed E-state index contributed by atoms with van der Waals surface area (Å²) in [5.41, 5.74) is 1.30. The number of nitrogens with one attached hydrogen (secondary N) is 1. The maximum absolute atomic E-state index is 14.0. The van der Waals surface area contributed by atoms with Crippen LogP contribution < -0.4 is 5.32 Å². The number of ether oxygens (including phenoxy) is 1. The first-order valence-corrected chi connectivity index (χ1v) is 8.93. The van der Waals surface area contributed by atoms with Crippen LogP contribution in [0.1, 0.15) is 11.6 Å². The Bertz CT molecular complexity index is 914. The largest absolute Gasteiger partial charge is 0.379 e. The molecule has 1 atom stereocenters. The minimum absolute atomic E-state index is 0.0214. The van der Waals surface area contributed by atoms with E-state index in [-0.39, 0.29) is 17.7 Å². The first kappa shape index (κ1) is 17.8. The zero-order valence-corrected chi connectivity index (χ0v) is 14.7. The predicted molar refractivity (Wildman–Crippen MR) is 99.5 cm³/mol. The molecule has 0 saturated carbocycles. The van der Waals surface area contributed by atoms with E-state index in [2.05, 4.69) is 20.2 Å². The van der Waals surface area contributed by atoms with Crippen LogP contribution in [0.5, 0.6) is 0 Å². The fraction of sp³-hybridized carbons (Fsp3) is 0.300. The van der Waals surface area contributed by atoms with E-state index in [0.29, 0.717) is 36.5 Å². The highest BCUT2D eigenvalue weighted by Gasteiger charge is 2.23. The van der Waals surface area contributed by atoms with E-state index in [1.165, 1.54) is 24.5 Å². The molecule has 1 aliphatic heterocycles.